The first kappa shape index (κ1) is 14.8. The van der Waals surface area contributed by atoms with Crippen molar-refractivity contribution in [1.29, 1.82) is 0 Å². The van der Waals surface area contributed by atoms with Crippen LogP contribution >= 0.6 is 0 Å². The molecule has 0 aliphatic heterocycles. The van der Waals surface area contributed by atoms with Gasteiger partial charge < -0.3 is 11.1 Å². The topological polar surface area (TPSA) is 72.2 Å². The summed E-state index contributed by atoms with van der Waals surface area (Å²) in [6.45, 7) is 4.19. The van der Waals surface area contributed by atoms with Gasteiger partial charge in [-0.1, -0.05) is 38.1 Å². The van der Waals surface area contributed by atoms with Crippen molar-refractivity contribution >= 4 is 17.5 Å². The summed E-state index contributed by atoms with van der Waals surface area (Å²) in [7, 11) is 0. The van der Waals surface area contributed by atoms with Gasteiger partial charge in [0.2, 0.25) is 0 Å². The van der Waals surface area contributed by atoms with Crippen LogP contribution in [0.2, 0.25) is 0 Å². The molecule has 4 nitrogen and oxygen atoms in total. The van der Waals surface area contributed by atoms with E-state index in [9.17, 15) is 9.59 Å². The number of hydrogen-bond donors (Lipinski definition) is 2. The smallest absolute Gasteiger partial charge is 0.255 e. The first-order valence-electron chi connectivity index (χ1n) is 6.79. The Morgan fingerprint density at radius 1 is 1.00 bits per heavy atom. The molecule has 21 heavy (non-hydrogen) atoms. The van der Waals surface area contributed by atoms with E-state index in [-0.39, 0.29) is 5.91 Å². The van der Waals surface area contributed by atoms with Gasteiger partial charge in [0.15, 0.2) is 0 Å². The third-order valence-electron chi connectivity index (χ3n) is 3.28. The Bertz CT molecular complexity index is 661. The third-order valence-corrected chi connectivity index (χ3v) is 3.28. The van der Waals surface area contributed by atoms with Crippen molar-refractivity contribution in [1.82, 2.24) is 0 Å². The number of anilines is 1. The van der Waals surface area contributed by atoms with E-state index in [4.69, 9.17) is 5.73 Å². The van der Waals surface area contributed by atoms with Gasteiger partial charge >= 0.3 is 0 Å². The molecule has 0 spiro atoms. The molecule has 0 saturated carbocycles. The molecule has 3 N–H and O–H groups in total. The van der Waals surface area contributed by atoms with Crippen LogP contribution in [-0.2, 0) is 0 Å². The molecule has 0 saturated heterocycles. The molecule has 2 aromatic carbocycles. The number of carbonyl (C=O) groups is 2. The quantitative estimate of drug-likeness (QED) is 0.904. The zero-order valence-electron chi connectivity index (χ0n) is 12.1. The van der Waals surface area contributed by atoms with Gasteiger partial charge in [-0.15, -0.1) is 0 Å². The first-order valence-corrected chi connectivity index (χ1v) is 6.79. The number of hydrogen-bond acceptors (Lipinski definition) is 2. The van der Waals surface area contributed by atoms with Crippen LogP contribution in [-0.4, -0.2) is 11.8 Å². The third kappa shape index (κ3) is 3.48. The van der Waals surface area contributed by atoms with Crippen LogP contribution in [0.5, 0.6) is 0 Å². The van der Waals surface area contributed by atoms with E-state index in [1.165, 1.54) is 5.56 Å². The Morgan fingerprint density at radius 2 is 1.62 bits per heavy atom. The molecule has 108 valence electrons. The lowest BCUT2D eigenvalue weighted by Crippen LogP contribution is -2.18. The lowest BCUT2D eigenvalue weighted by Gasteiger charge is -2.10. The van der Waals surface area contributed by atoms with Crippen molar-refractivity contribution in [2.24, 2.45) is 5.73 Å². The molecule has 4 heteroatoms. The summed E-state index contributed by atoms with van der Waals surface area (Å²) in [5.41, 5.74) is 7.72. The monoisotopic (exact) mass is 282 g/mol. The summed E-state index contributed by atoms with van der Waals surface area (Å²) in [5.74, 6) is -0.419. The van der Waals surface area contributed by atoms with E-state index in [2.05, 4.69) is 19.2 Å². The number of nitrogens with one attached hydrogen (secondary N) is 1. The Hall–Kier alpha value is -2.62. The first-order chi connectivity index (χ1) is 9.99. The van der Waals surface area contributed by atoms with Crippen LogP contribution in [0.4, 0.5) is 5.69 Å². The van der Waals surface area contributed by atoms with Crippen molar-refractivity contribution in [3.8, 4) is 0 Å². The molecule has 2 aromatic rings. The molecule has 0 heterocycles. The molecular weight excluding hydrogens is 264 g/mol. The normalized spacial score (nSPS) is 10.4. The highest BCUT2D eigenvalue weighted by atomic mass is 16.2. The minimum absolute atomic E-state index is 0.265. The van der Waals surface area contributed by atoms with Crippen LogP contribution in [0.3, 0.4) is 0 Å². The van der Waals surface area contributed by atoms with Gasteiger partial charge in [0.1, 0.15) is 0 Å². The SMILES string of the molecule is CC(C)c1ccc(C(=O)Nc2ccccc2C(N)=O)cc1. The lowest BCUT2D eigenvalue weighted by molar-refractivity contribution is 0.100. The molecule has 0 atom stereocenters. The Labute approximate surface area is 124 Å². The number of carbonyl (C=O) groups excluding carboxylic acids is 2. The number of nitrogens with two attached hydrogens (primary N) is 1. The van der Waals surface area contributed by atoms with Crippen molar-refractivity contribution in [2.75, 3.05) is 5.32 Å². The van der Waals surface area contributed by atoms with Crippen LogP contribution in [0.25, 0.3) is 0 Å². The summed E-state index contributed by atoms with van der Waals surface area (Å²) in [6.07, 6.45) is 0. The number of rotatable bonds is 4. The summed E-state index contributed by atoms with van der Waals surface area (Å²) in [6, 6.07) is 14.1. The summed E-state index contributed by atoms with van der Waals surface area (Å²) in [5, 5.41) is 2.72. The van der Waals surface area contributed by atoms with Crippen LogP contribution < -0.4 is 11.1 Å². The number of benzene rings is 2. The predicted octanol–water partition coefficient (Wildman–Crippen LogP) is 3.16. The highest BCUT2D eigenvalue weighted by Gasteiger charge is 2.12. The van der Waals surface area contributed by atoms with Crippen molar-refractivity contribution in [2.45, 2.75) is 19.8 Å². The van der Waals surface area contributed by atoms with E-state index in [1.54, 1.807) is 36.4 Å². The number of para-hydroxylation sites is 1. The van der Waals surface area contributed by atoms with Crippen LogP contribution in [0, 0.1) is 0 Å². The molecule has 2 amide bonds. The molecule has 0 bridgehead atoms. The van der Waals surface area contributed by atoms with Gasteiger partial charge in [0, 0.05) is 5.56 Å². The fourth-order valence-electron chi connectivity index (χ4n) is 2.02. The fraction of sp³-hybridized carbons (Fsp3) is 0.176. The maximum atomic E-state index is 12.2. The van der Waals surface area contributed by atoms with Gasteiger partial charge in [-0.25, -0.2) is 0 Å². The second kappa shape index (κ2) is 6.22. The second-order valence-electron chi connectivity index (χ2n) is 5.14. The summed E-state index contributed by atoms with van der Waals surface area (Å²) >= 11 is 0. The van der Waals surface area contributed by atoms with Gasteiger partial charge in [0.25, 0.3) is 11.8 Å². The molecular formula is C17H18N2O2. The number of amides is 2. The molecule has 0 aliphatic rings. The molecule has 0 aliphatic carbocycles. The average Bonchev–Trinajstić information content (AvgIpc) is 2.47. The standard InChI is InChI=1S/C17H18N2O2/c1-11(2)12-7-9-13(10-8-12)17(21)19-15-6-4-3-5-14(15)16(18)20/h3-11H,1-2H3,(H2,18,20)(H,19,21). The zero-order valence-corrected chi connectivity index (χ0v) is 12.1. The van der Waals surface area contributed by atoms with Gasteiger partial charge in [-0.05, 0) is 35.7 Å². The molecule has 2 rings (SSSR count). The highest BCUT2D eigenvalue weighted by Crippen LogP contribution is 2.18. The summed E-state index contributed by atoms with van der Waals surface area (Å²) < 4.78 is 0. The molecule has 0 radical (unpaired) electrons. The highest BCUT2D eigenvalue weighted by molar-refractivity contribution is 6.08. The lowest BCUT2D eigenvalue weighted by atomic mass is 10.0. The zero-order chi connectivity index (χ0) is 15.4. The average molecular weight is 282 g/mol. The van der Waals surface area contributed by atoms with Crippen LogP contribution in [0.15, 0.2) is 48.5 Å². The maximum Gasteiger partial charge on any atom is 0.255 e. The van der Waals surface area contributed by atoms with Gasteiger partial charge in [0.05, 0.1) is 11.3 Å². The van der Waals surface area contributed by atoms with Crippen LogP contribution in [0.1, 0.15) is 46.0 Å². The Kier molecular flexibility index (Phi) is 4.38. The Balaban J connectivity index is 2.20. The van der Waals surface area contributed by atoms with E-state index in [0.29, 0.717) is 22.7 Å². The minimum Gasteiger partial charge on any atom is -0.366 e. The fourth-order valence-corrected chi connectivity index (χ4v) is 2.02. The van der Waals surface area contributed by atoms with Crippen molar-refractivity contribution in [3.63, 3.8) is 0 Å². The second-order valence-corrected chi connectivity index (χ2v) is 5.14. The van der Waals surface area contributed by atoms with Crippen molar-refractivity contribution in [3.05, 3.63) is 65.2 Å². The number of primary amides is 1. The summed E-state index contributed by atoms with van der Waals surface area (Å²) in [4.78, 5) is 23.5. The van der Waals surface area contributed by atoms with E-state index in [1.807, 2.05) is 12.1 Å². The van der Waals surface area contributed by atoms with E-state index >= 15 is 0 Å². The molecule has 0 fully saturated rings. The van der Waals surface area contributed by atoms with Gasteiger partial charge in [-0.3, -0.25) is 9.59 Å². The molecule has 0 unspecified atom stereocenters. The predicted molar refractivity (Wildman–Crippen MR) is 83.4 cm³/mol. The Morgan fingerprint density at radius 3 is 2.19 bits per heavy atom. The maximum absolute atomic E-state index is 12.2. The van der Waals surface area contributed by atoms with E-state index in [0.717, 1.165) is 0 Å². The van der Waals surface area contributed by atoms with Gasteiger partial charge in [-0.2, -0.15) is 0 Å². The molecule has 0 aromatic heterocycles. The largest absolute Gasteiger partial charge is 0.366 e. The van der Waals surface area contributed by atoms with E-state index < -0.39 is 5.91 Å². The minimum atomic E-state index is -0.568. The van der Waals surface area contributed by atoms with Crippen molar-refractivity contribution < 1.29 is 9.59 Å².